The molecule has 0 aliphatic rings. The van der Waals surface area contributed by atoms with E-state index in [1.54, 1.807) is 0 Å². The molecule has 0 unspecified atom stereocenters. The Morgan fingerprint density at radius 2 is 1.67 bits per heavy atom. The fourth-order valence-electron chi connectivity index (χ4n) is 1.54. The van der Waals surface area contributed by atoms with Gasteiger partial charge in [0.05, 0.1) is 6.61 Å². The first-order valence-corrected chi connectivity index (χ1v) is 8.78. The van der Waals surface area contributed by atoms with Crippen molar-refractivity contribution < 1.29 is 19.0 Å². The molecule has 0 atom stereocenters. The van der Waals surface area contributed by atoms with Gasteiger partial charge in [0.15, 0.2) is 5.78 Å². The fraction of sp³-hybridized carbons (Fsp3) is 0.632. The number of carbonyl (C=O) groups is 1. The van der Waals surface area contributed by atoms with Gasteiger partial charge in [-0.3, -0.25) is 4.79 Å². The average molecular weight is 341 g/mol. The fourth-order valence-corrected chi connectivity index (χ4v) is 1.54. The zero-order chi connectivity index (χ0) is 18.6. The molecule has 1 rings (SSSR count). The predicted molar refractivity (Wildman–Crippen MR) is 101 cm³/mol. The average Bonchev–Trinajstić information content (AvgIpc) is 2.63. The zero-order valence-corrected chi connectivity index (χ0v) is 16.2. The highest BCUT2D eigenvalue weighted by molar-refractivity contribution is 5.76. The summed E-state index contributed by atoms with van der Waals surface area (Å²) in [4.78, 5) is 10.6. The van der Waals surface area contributed by atoms with Gasteiger partial charge in [-0.2, -0.15) is 0 Å². The number of hydrogen-bond acceptors (Lipinski definition) is 5. The van der Waals surface area contributed by atoms with Gasteiger partial charge in [0.1, 0.15) is 19.0 Å². The van der Waals surface area contributed by atoms with Crippen molar-refractivity contribution in [3.8, 4) is 5.75 Å². The maximum absolute atomic E-state index is 10.6. The molecule has 5 heteroatoms. The lowest BCUT2D eigenvalue weighted by Crippen LogP contribution is -2.10. The Labute approximate surface area is 147 Å². The Bertz CT molecular complexity index is 397. The second-order valence-corrected chi connectivity index (χ2v) is 4.35. The monoisotopic (exact) mass is 341 g/mol. The summed E-state index contributed by atoms with van der Waals surface area (Å²) in [5.41, 5.74) is 1.02. The molecule has 0 aromatic heterocycles. The van der Waals surface area contributed by atoms with E-state index in [9.17, 15) is 4.79 Å². The number of nitrogens with one attached hydrogen (secondary N) is 1. The number of anilines is 1. The minimum atomic E-state index is 0.0446. The number of carbonyl (C=O) groups excluding carboxylic acids is 1. The third-order valence-corrected chi connectivity index (χ3v) is 2.50. The van der Waals surface area contributed by atoms with E-state index in [4.69, 9.17) is 14.2 Å². The van der Waals surface area contributed by atoms with Crippen LogP contribution in [0.1, 0.15) is 41.0 Å². The lowest BCUT2D eigenvalue weighted by molar-refractivity contribution is -0.121. The van der Waals surface area contributed by atoms with Crippen LogP contribution in [0.25, 0.3) is 0 Å². The van der Waals surface area contributed by atoms with Gasteiger partial charge in [-0.1, -0.05) is 33.8 Å². The summed E-state index contributed by atoms with van der Waals surface area (Å²) in [5.74, 6) is 0.869. The first-order chi connectivity index (χ1) is 11.7. The molecule has 1 aromatic rings. The molecule has 1 N–H and O–H groups in total. The predicted octanol–water partition coefficient (Wildman–Crippen LogP) is 4.17. The molecule has 5 nitrogen and oxygen atoms in total. The number of ether oxygens (including phenoxy) is 3. The van der Waals surface area contributed by atoms with Crippen LogP contribution in [0.2, 0.25) is 0 Å². The Morgan fingerprint density at radius 3 is 2.29 bits per heavy atom. The number of hydrogen-bond donors (Lipinski definition) is 1. The summed E-state index contributed by atoms with van der Waals surface area (Å²) < 4.78 is 16.1. The largest absolute Gasteiger partial charge is 0.491 e. The second kappa shape index (κ2) is 19.5. The third kappa shape index (κ3) is 15.3. The number of ketones is 1. The third-order valence-electron chi connectivity index (χ3n) is 2.50. The van der Waals surface area contributed by atoms with Gasteiger partial charge >= 0.3 is 0 Å². The molecule has 0 aliphatic carbocycles. The Kier molecular flexibility index (Phi) is 20.0. The minimum Gasteiger partial charge on any atom is -0.491 e. The van der Waals surface area contributed by atoms with Crippen LogP contribution in [0, 0.1) is 0 Å². The van der Waals surface area contributed by atoms with E-state index < -0.39 is 0 Å². The van der Waals surface area contributed by atoms with E-state index >= 15 is 0 Å². The summed E-state index contributed by atoms with van der Waals surface area (Å²) >= 11 is 0. The summed E-state index contributed by atoms with van der Waals surface area (Å²) in [6.45, 7) is 11.9. The summed E-state index contributed by atoms with van der Waals surface area (Å²) in [5, 5.41) is 3.06. The second-order valence-electron chi connectivity index (χ2n) is 4.35. The number of benzene rings is 1. The van der Waals surface area contributed by atoms with Gasteiger partial charge in [0.25, 0.3) is 0 Å². The maximum Gasteiger partial charge on any atom is 0.155 e. The molecule has 0 heterocycles. The van der Waals surface area contributed by atoms with E-state index in [0.29, 0.717) is 26.4 Å². The smallest absolute Gasteiger partial charge is 0.155 e. The highest BCUT2D eigenvalue weighted by Crippen LogP contribution is 2.16. The van der Waals surface area contributed by atoms with Crippen molar-refractivity contribution in [2.45, 2.75) is 41.0 Å². The van der Waals surface area contributed by atoms with E-state index in [-0.39, 0.29) is 12.4 Å². The van der Waals surface area contributed by atoms with Crippen molar-refractivity contribution in [2.24, 2.45) is 0 Å². The molecule has 0 spiro atoms. The molecule has 0 saturated carbocycles. The van der Waals surface area contributed by atoms with E-state index in [0.717, 1.165) is 17.9 Å². The van der Waals surface area contributed by atoms with E-state index in [2.05, 4.69) is 5.32 Å². The molecule has 0 fully saturated rings. The highest BCUT2D eigenvalue weighted by Gasteiger charge is 1.96. The van der Waals surface area contributed by atoms with E-state index in [1.165, 1.54) is 6.92 Å². The summed E-state index contributed by atoms with van der Waals surface area (Å²) in [7, 11) is 1.87. The molecular formula is C19H35NO4. The minimum absolute atomic E-state index is 0.0446. The number of Topliss-reactive ketones (excluding diaryl/α,β-unsaturated/α-hetero) is 1. The normalized spacial score (nSPS) is 9.08. The standard InChI is InChI=1S/C15H23NO4.2C2H6/c1-13(17)12-19-8-4-7-18-9-10-20-15-6-3-5-14(11-15)16-2;2*1-2/h3,5-6,11,16H,4,7-10,12H2,1-2H3;2*1-2H3. The lowest BCUT2D eigenvalue weighted by Gasteiger charge is -2.08. The molecule has 0 saturated heterocycles. The van der Waals surface area contributed by atoms with Gasteiger partial charge in [-0.05, 0) is 25.5 Å². The zero-order valence-electron chi connectivity index (χ0n) is 16.2. The molecule has 1 aromatic carbocycles. The van der Waals surface area contributed by atoms with Crippen molar-refractivity contribution >= 4 is 11.5 Å². The SMILES string of the molecule is CC.CC.CNc1cccc(OCCOCCCOCC(C)=O)c1. The molecule has 140 valence electrons. The highest BCUT2D eigenvalue weighted by atomic mass is 16.5. The molecule has 0 bridgehead atoms. The van der Waals surface area contributed by atoms with Crippen LogP contribution in [0.5, 0.6) is 5.75 Å². The van der Waals surface area contributed by atoms with E-state index in [1.807, 2.05) is 59.0 Å². The van der Waals surface area contributed by atoms with Crippen LogP contribution in [-0.4, -0.2) is 45.9 Å². The van der Waals surface area contributed by atoms with Gasteiger partial charge in [0.2, 0.25) is 0 Å². The van der Waals surface area contributed by atoms with Gasteiger partial charge in [0, 0.05) is 32.0 Å². The van der Waals surface area contributed by atoms with Crippen molar-refractivity contribution in [3.05, 3.63) is 24.3 Å². The Balaban J connectivity index is 0. The van der Waals surface area contributed by atoms with Gasteiger partial charge in [-0.15, -0.1) is 0 Å². The van der Waals surface area contributed by atoms with Crippen LogP contribution in [0.15, 0.2) is 24.3 Å². The van der Waals surface area contributed by atoms with Gasteiger partial charge < -0.3 is 19.5 Å². The summed E-state index contributed by atoms with van der Waals surface area (Å²) in [6.07, 6.45) is 0.780. The molecule has 0 amide bonds. The molecule has 0 aliphatic heterocycles. The van der Waals surface area contributed by atoms with Crippen molar-refractivity contribution in [3.63, 3.8) is 0 Å². The van der Waals surface area contributed by atoms with Crippen LogP contribution >= 0.6 is 0 Å². The molecule has 0 radical (unpaired) electrons. The first-order valence-electron chi connectivity index (χ1n) is 8.78. The van der Waals surface area contributed by atoms with Crippen molar-refractivity contribution in [1.29, 1.82) is 0 Å². The van der Waals surface area contributed by atoms with Crippen LogP contribution in [0.3, 0.4) is 0 Å². The topological polar surface area (TPSA) is 56.8 Å². The lowest BCUT2D eigenvalue weighted by atomic mass is 10.3. The quantitative estimate of drug-likeness (QED) is 0.612. The first kappa shape index (κ1) is 24.7. The number of rotatable bonds is 11. The van der Waals surface area contributed by atoms with Crippen molar-refractivity contribution in [1.82, 2.24) is 0 Å². The van der Waals surface area contributed by atoms with Crippen LogP contribution in [0.4, 0.5) is 5.69 Å². The molecular weight excluding hydrogens is 306 g/mol. The van der Waals surface area contributed by atoms with Gasteiger partial charge in [-0.25, -0.2) is 0 Å². The summed E-state index contributed by atoms with van der Waals surface area (Å²) in [6, 6.07) is 7.77. The van der Waals surface area contributed by atoms with Crippen LogP contribution < -0.4 is 10.1 Å². The molecule has 24 heavy (non-hydrogen) atoms. The van der Waals surface area contributed by atoms with Crippen LogP contribution in [-0.2, 0) is 14.3 Å². The Morgan fingerprint density at radius 1 is 1.00 bits per heavy atom. The maximum atomic E-state index is 10.6. The van der Waals surface area contributed by atoms with Crippen molar-refractivity contribution in [2.75, 3.05) is 45.4 Å². The Hall–Kier alpha value is -1.59.